The summed E-state index contributed by atoms with van der Waals surface area (Å²) < 4.78 is 4.99. The highest BCUT2D eigenvalue weighted by atomic mass is 16.7. The second-order valence-electron chi connectivity index (χ2n) is 3.15. The molecular formula is C11H15NO3. The SMILES string of the molecule is CN(C)OCCOC(=O)c1ccccc1. The molecule has 0 aromatic heterocycles. The maximum absolute atomic E-state index is 11.4. The quantitative estimate of drug-likeness (QED) is 0.416. The highest BCUT2D eigenvalue weighted by molar-refractivity contribution is 5.89. The first-order valence-corrected chi connectivity index (χ1v) is 4.72. The predicted octanol–water partition coefficient (Wildman–Crippen LogP) is 1.34. The molecule has 0 saturated carbocycles. The Hall–Kier alpha value is -1.39. The van der Waals surface area contributed by atoms with Gasteiger partial charge in [0.05, 0.1) is 5.56 Å². The van der Waals surface area contributed by atoms with Crippen LogP contribution in [-0.2, 0) is 9.57 Å². The fourth-order valence-corrected chi connectivity index (χ4v) is 1.01. The van der Waals surface area contributed by atoms with Gasteiger partial charge in [-0.2, -0.15) is 5.06 Å². The van der Waals surface area contributed by atoms with Crippen LogP contribution in [-0.4, -0.2) is 38.3 Å². The zero-order valence-electron chi connectivity index (χ0n) is 8.97. The summed E-state index contributed by atoms with van der Waals surface area (Å²) in [5.41, 5.74) is 0.558. The molecule has 15 heavy (non-hydrogen) atoms. The Kier molecular flexibility index (Phi) is 4.80. The summed E-state index contributed by atoms with van der Waals surface area (Å²) in [7, 11) is 3.55. The number of ether oxygens (including phenoxy) is 1. The molecule has 4 heteroatoms. The molecule has 0 aliphatic heterocycles. The molecule has 1 rings (SSSR count). The van der Waals surface area contributed by atoms with E-state index < -0.39 is 0 Å². The van der Waals surface area contributed by atoms with Crippen molar-refractivity contribution in [2.75, 3.05) is 27.3 Å². The Balaban J connectivity index is 2.25. The molecular weight excluding hydrogens is 194 g/mol. The van der Waals surface area contributed by atoms with Gasteiger partial charge in [0.25, 0.3) is 0 Å². The summed E-state index contributed by atoms with van der Waals surface area (Å²) in [6.45, 7) is 0.623. The molecule has 0 unspecified atom stereocenters. The van der Waals surface area contributed by atoms with Crippen LogP contribution in [0.4, 0.5) is 0 Å². The summed E-state index contributed by atoms with van der Waals surface area (Å²) in [6, 6.07) is 8.88. The summed E-state index contributed by atoms with van der Waals surface area (Å²) >= 11 is 0. The van der Waals surface area contributed by atoms with Crippen molar-refractivity contribution < 1.29 is 14.4 Å². The average Bonchev–Trinajstić information content (AvgIpc) is 2.25. The Morgan fingerprint density at radius 3 is 2.47 bits per heavy atom. The second-order valence-corrected chi connectivity index (χ2v) is 3.15. The summed E-state index contributed by atoms with van der Waals surface area (Å²) in [5.74, 6) is -0.321. The number of hydroxylamine groups is 2. The van der Waals surface area contributed by atoms with E-state index in [0.717, 1.165) is 0 Å². The third-order valence-electron chi connectivity index (χ3n) is 1.68. The zero-order valence-corrected chi connectivity index (χ0v) is 8.97. The third-order valence-corrected chi connectivity index (χ3v) is 1.68. The average molecular weight is 209 g/mol. The Morgan fingerprint density at radius 2 is 1.87 bits per heavy atom. The van der Waals surface area contributed by atoms with E-state index in [1.807, 2.05) is 6.07 Å². The van der Waals surface area contributed by atoms with Crippen molar-refractivity contribution in [3.63, 3.8) is 0 Å². The highest BCUT2D eigenvalue weighted by Crippen LogP contribution is 2.00. The number of benzene rings is 1. The standard InChI is InChI=1S/C11H15NO3/c1-12(2)15-9-8-14-11(13)10-6-4-3-5-7-10/h3-7H,8-9H2,1-2H3. The highest BCUT2D eigenvalue weighted by Gasteiger charge is 2.04. The van der Waals surface area contributed by atoms with Gasteiger partial charge < -0.3 is 4.74 Å². The van der Waals surface area contributed by atoms with Crippen LogP contribution in [0.3, 0.4) is 0 Å². The second kappa shape index (κ2) is 6.16. The summed E-state index contributed by atoms with van der Waals surface area (Å²) in [4.78, 5) is 16.5. The lowest BCUT2D eigenvalue weighted by atomic mass is 10.2. The van der Waals surface area contributed by atoms with E-state index in [2.05, 4.69) is 0 Å². The van der Waals surface area contributed by atoms with E-state index in [4.69, 9.17) is 9.57 Å². The van der Waals surface area contributed by atoms with Gasteiger partial charge in [-0.25, -0.2) is 4.79 Å². The van der Waals surface area contributed by atoms with Crippen LogP contribution in [0.5, 0.6) is 0 Å². The number of carbonyl (C=O) groups excluding carboxylic acids is 1. The van der Waals surface area contributed by atoms with E-state index in [0.29, 0.717) is 12.2 Å². The van der Waals surface area contributed by atoms with Gasteiger partial charge in [-0.1, -0.05) is 18.2 Å². The van der Waals surface area contributed by atoms with Crippen LogP contribution in [0.25, 0.3) is 0 Å². The van der Waals surface area contributed by atoms with E-state index in [-0.39, 0.29) is 12.6 Å². The van der Waals surface area contributed by atoms with E-state index in [1.54, 1.807) is 43.4 Å². The molecule has 0 saturated heterocycles. The van der Waals surface area contributed by atoms with Crippen molar-refractivity contribution in [2.45, 2.75) is 0 Å². The first-order valence-electron chi connectivity index (χ1n) is 4.72. The molecule has 1 aromatic carbocycles. The Labute approximate surface area is 89.4 Å². The van der Waals surface area contributed by atoms with Crippen LogP contribution in [0.15, 0.2) is 30.3 Å². The van der Waals surface area contributed by atoms with Crippen molar-refractivity contribution in [3.8, 4) is 0 Å². The number of hydrogen-bond donors (Lipinski definition) is 0. The number of rotatable bonds is 5. The Morgan fingerprint density at radius 1 is 1.20 bits per heavy atom. The number of hydrogen-bond acceptors (Lipinski definition) is 4. The molecule has 0 aliphatic carbocycles. The molecule has 0 fully saturated rings. The molecule has 0 radical (unpaired) electrons. The first-order chi connectivity index (χ1) is 7.20. The number of esters is 1. The van der Waals surface area contributed by atoms with Gasteiger partial charge in [0.15, 0.2) is 0 Å². The maximum atomic E-state index is 11.4. The van der Waals surface area contributed by atoms with Crippen LogP contribution >= 0.6 is 0 Å². The topological polar surface area (TPSA) is 38.8 Å². The monoisotopic (exact) mass is 209 g/mol. The molecule has 0 spiro atoms. The molecule has 1 aromatic rings. The van der Waals surface area contributed by atoms with Crippen molar-refractivity contribution >= 4 is 5.97 Å². The van der Waals surface area contributed by atoms with Gasteiger partial charge in [-0.05, 0) is 12.1 Å². The lowest BCUT2D eigenvalue weighted by Gasteiger charge is -2.10. The molecule has 4 nitrogen and oxygen atoms in total. The van der Waals surface area contributed by atoms with Crippen LogP contribution in [0.1, 0.15) is 10.4 Å². The lowest BCUT2D eigenvalue weighted by molar-refractivity contribution is -0.129. The molecule has 0 aliphatic rings. The third kappa shape index (κ3) is 4.58. The van der Waals surface area contributed by atoms with Crippen molar-refractivity contribution in [1.29, 1.82) is 0 Å². The number of carbonyl (C=O) groups is 1. The zero-order chi connectivity index (χ0) is 11.1. The normalized spacial score (nSPS) is 10.3. The van der Waals surface area contributed by atoms with Gasteiger partial charge in [-0.15, -0.1) is 0 Å². The minimum atomic E-state index is -0.321. The molecule has 0 amide bonds. The lowest BCUT2D eigenvalue weighted by Crippen LogP contribution is -2.18. The first kappa shape index (κ1) is 11.7. The van der Waals surface area contributed by atoms with Gasteiger partial charge >= 0.3 is 5.97 Å². The predicted molar refractivity (Wildman–Crippen MR) is 56.4 cm³/mol. The Bertz CT molecular complexity index is 298. The van der Waals surface area contributed by atoms with Crippen LogP contribution in [0.2, 0.25) is 0 Å². The molecule has 0 heterocycles. The smallest absolute Gasteiger partial charge is 0.338 e. The maximum Gasteiger partial charge on any atom is 0.338 e. The van der Waals surface area contributed by atoms with Crippen LogP contribution < -0.4 is 0 Å². The minimum absolute atomic E-state index is 0.256. The van der Waals surface area contributed by atoms with Crippen LogP contribution in [0, 0.1) is 0 Å². The van der Waals surface area contributed by atoms with Gasteiger partial charge in [-0.3, -0.25) is 4.84 Å². The van der Waals surface area contributed by atoms with Gasteiger partial charge in [0.2, 0.25) is 0 Å². The molecule has 0 bridgehead atoms. The fraction of sp³-hybridized carbons (Fsp3) is 0.364. The molecule has 82 valence electrons. The van der Waals surface area contributed by atoms with E-state index >= 15 is 0 Å². The van der Waals surface area contributed by atoms with E-state index in [9.17, 15) is 4.79 Å². The summed E-state index contributed by atoms with van der Waals surface area (Å²) in [5, 5.41) is 1.57. The van der Waals surface area contributed by atoms with E-state index in [1.165, 1.54) is 0 Å². The summed E-state index contributed by atoms with van der Waals surface area (Å²) in [6.07, 6.45) is 0. The molecule has 0 N–H and O–H groups in total. The van der Waals surface area contributed by atoms with Crippen molar-refractivity contribution in [2.24, 2.45) is 0 Å². The van der Waals surface area contributed by atoms with Crippen molar-refractivity contribution in [3.05, 3.63) is 35.9 Å². The largest absolute Gasteiger partial charge is 0.460 e. The van der Waals surface area contributed by atoms with Gasteiger partial charge in [0.1, 0.15) is 13.2 Å². The minimum Gasteiger partial charge on any atom is -0.460 e. The molecule has 0 atom stereocenters. The number of nitrogens with zero attached hydrogens (tertiary/aromatic N) is 1. The fourth-order valence-electron chi connectivity index (χ4n) is 1.01. The van der Waals surface area contributed by atoms with Crippen molar-refractivity contribution in [1.82, 2.24) is 5.06 Å². The van der Waals surface area contributed by atoms with Gasteiger partial charge in [0, 0.05) is 14.1 Å².